The van der Waals surface area contributed by atoms with Crippen molar-refractivity contribution in [3.63, 3.8) is 0 Å². The molecule has 1 fully saturated rings. The zero-order valence-electron chi connectivity index (χ0n) is 10.0. The van der Waals surface area contributed by atoms with Gasteiger partial charge in [0.15, 0.2) is 0 Å². The maximum Gasteiger partial charge on any atom is 0.271 e. The van der Waals surface area contributed by atoms with E-state index in [4.69, 9.17) is 0 Å². The van der Waals surface area contributed by atoms with Gasteiger partial charge in [-0.25, -0.2) is 0 Å². The lowest BCUT2D eigenvalue weighted by Crippen LogP contribution is -2.34. The Morgan fingerprint density at radius 1 is 1.41 bits per heavy atom. The van der Waals surface area contributed by atoms with Crippen molar-refractivity contribution in [1.82, 2.24) is 20.0 Å². The van der Waals surface area contributed by atoms with Crippen LogP contribution in [-0.4, -0.2) is 46.8 Å². The van der Waals surface area contributed by atoms with Crippen LogP contribution in [-0.2, 0) is 6.54 Å². The first-order valence-corrected chi connectivity index (χ1v) is 6.02. The van der Waals surface area contributed by atoms with Crippen LogP contribution in [0.1, 0.15) is 23.8 Å². The van der Waals surface area contributed by atoms with Gasteiger partial charge in [0.25, 0.3) is 11.5 Å². The van der Waals surface area contributed by atoms with Gasteiger partial charge < -0.3 is 10.2 Å². The minimum absolute atomic E-state index is 0.0852. The number of aromatic nitrogens is 2. The van der Waals surface area contributed by atoms with Crippen molar-refractivity contribution >= 4 is 5.91 Å². The summed E-state index contributed by atoms with van der Waals surface area (Å²) in [5, 5.41) is 6.08. The molecule has 2 N–H and O–H groups in total. The Hall–Kier alpha value is -1.56. The smallest absolute Gasteiger partial charge is 0.271 e. The number of carbonyl (C=O) groups is 1. The summed E-state index contributed by atoms with van der Waals surface area (Å²) < 4.78 is 1.43. The van der Waals surface area contributed by atoms with Gasteiger partial charge in [0.2, 0.25) is 0 Å². The molecule has 0 atom stereocenters. The van der Waals surface area contributed by atoms with Gasteiger partial charge in [0.05, 0.1) is 0 Å². The van der Waals surface area contributed by atoms with Gasteiger partial charge in [-0.2, -0.15) is 0 Å². The van der Waals surface area contributed by atoms with Crippen LogP contribution in [0.15, 0.2) is 10.9 Å². The molecule has 1 aliphatic rings. The fraction of sp³-hybridized carbons (Fsp3) is 0.636. The minimum atomic E-state index is -0.149. The second-order valence-electron chi connectivity index (χ2n) is 4.15. The normalized spacial score (nSPS) is 16.9. The first kappa shape index (κ1) is 11.9. The van der Waals surface area contributed by atoms with Gasteiger partial charge in [-0.05, 0) is 19.9 Å². The lowest BCUT2D eigenvalue weighted by atomic mass is 10.3. The number of rotatable bonds is 2. The number of hydrogen-bond donors (Lipinski definition) is 2. The SMILES string of the molecule is CCn1[nH]c(C(=O)N2CCCNCC2)cc1=O. The standard InChI is InChI=1S/C11H18N4O2/c1-2-15-10(16)8-9(13-15)11(17)14-6-3-4-12-5-7-14/h8,12-13H,2-7H2,1H3. The molecule has 0 saturated carbocycles. The maximum absolute atomic E-state index is 12.1. The number of H-pyrrole nitrogens is 1. The monoisotopic (exact) mass is 238 g/mol. The van der Waals surface area contributed by atoms with Crippen LogP contribution in [0.4, 0.5) is 0 Å². The zero-order chi connectivity index (χ0) is 12.3. The fourth-order valence-corrected chi connectivity index (χ4v) is 2.00. The number of aryl methyl sites for hydroxylation is 1. The van der Waals surface area contributed by atoms with Crippen molar-refractivity contribution < 1.29 is 4.79 Å². The number of carbonyl (C=O) groups excluding carboxylic acids is 1. The highest BCUT2D eigenvalue weighted by atomic mass is 16.2. The van der Waals surface area contributed by atoms with Crippen molar-refractivity contribution in [3.05, 3.63) is 22.1 Å². The highest BCUT2D eigenvalue weighted by Gasteiger charge is 2.19. The van der Waals surface area contributed by atoms with Crippen LogP contribution in [0, 0.1) is 0 Å². The van der Waals surface area contributed by atoms with Crippen LogP contribution in [0.25, 0.3) is 0 Å². The summed E-state index contributed by atoms with van der Waals surface area (Å²) in [6.07, 6.45) is 0.949. The second kappa shape index (κ2) is 5.18. The van der Waals surface area contributed by atoms with E-state index in [1.807, 2.05) is 6.92 Å². The molecular weight excluding hydrogens is 220 g/mol. The number of aromatic amines is 1. The van der Waals surface area contributed by atoms with E-state index in [0.29, 0.717) is 18.8 Å². The molecule has 1 aromatic rings. The summed E-state index contributed by atoms with van der Waals surface area (Å²) in [7, 11) is 0. The third-order valence-electron chi connectivity index (χ3n) is 2.96. The summed E-state index contributed by atoms with van der Waals surface area (Å²) in [4.78, 5) is 25.4. The summed E-state index contributed by atoms with van der Waals surface area (Å²) in [6, 6.07) is 1.38. The lowest BCUT2D eigenvalue weighted by Gasteiger charge is -2.18. The summed E-state index contributed by atoms with van der Waals surface area (Å²) in [5.41, 5.74) is 0.238. The molecule has 1 aliphatic heterocycles. The van der Waals surface area contributed by atoms with Crippen LogP contribution < -0.4 is 10.9 Å². The van der Waals surface area contributed by atoms with Gasteiger partial charge in [-0.3, -0.25) is 19.4 Å². The molecule has 2 rings (SSSR count). The number of amides is 1. The summed E-state index contributed by atoms with van der Waals surface area (Å²) in [6.45, 7) is 5.60. The Morgan fingerprint density at radius 2 is 2.24 bits per heavy atom. The van der Waals surface area contributed by atoms with Gasteiger partial charge in [0, 0.05) is 32.2 Å². The van der Waals surface area contributed by atoms with Crippen molar-refractivity contribution in [2.45, 2.75) is 19.9 Å². The Bertz CT molecular complexity index is 441. The molecule has 2 heterocycles. The quantitative estimate of drug-likeness (QED) is 0.738. The van der Waals surface area contributed by atoms with E-state index in [2.05, 4.69) is 10.4 Å². The predicted molar refractivity (Wildman–Crippen MR) is 64.1 cm³/mol. The van der Waals surface area contributed by atoms with E-state index < -0.39 is 0 Å². The molecule has 17 heavy (non-hydrogen) atoms. The van der Waals surface area contributed by atoms with Crippen molar-refractivity contribution in [2.75, 3.05) is 26.2 Å². The molecule has 0 bridgehead atoms. The Morgan fingerprint density at radius 3 is 2.94 bits per heavy atom. The summed E-state index contributed by atoms with van der Waals surface area (Å²) >= 11 is 0. The van der Waals surface area contributed by atoms with Crippen molar-refractivity contribution in [2.24, 2.45) is 0 Å². The minimum Gasteiger partial charge on any atom is -0.336 e. The molecule has 1 aromatic heterocycles. The van der Waals surface area contributed by atoms with E-state index in [0.717, 1.165) is 26.1 Å². The average molecular weight is 238 g/mol. The molecule has 0 spiro atoms. The maximum atomic E-state index is 12.1. The van der Waals surface area contributed by atoms with Gasteiger partial charge in [0.1, 0.15) is 5.69 Å². The van der Waals surface area contributed by atoms with Crippen molar-refractivity contribution in [1.29, 1.82) is 0 Å². The largest absolute Gasteiger partial charge is 0.336 e. The molecular formula is C11H18N4O2. The molecule has 0 aliphatic carbocycles. The Labute approximate surface area is 99.6 Å². The predicted octanol–water partition coefficient (Wildman–Crippen LogP) is -0.368. The van der Waals surface area contributed by atoms with Gasteiger partial charge >= 0.3 is 0 Å². The Kier molecular flexibility index (Phi) is 3.63. The molecule has 1 amide bonds. The number of hydrogen-bond acceptors (Lipinski definition) is 3. The zero-order valence-corrected chi connectivity index (χ0v) is 10.0. The molecule has 6 nitrogen and oxygen atoms in total. The van der Waals surface area contributed by atoms with Crippen LogP contribution >= 0.6 is 0 Å². The first-order chi connectivity index (χ1) is 8.22. The van der Waals surface area contributed by atoms with Crippen LogP contribution in [0.3, 0.4) is 0 Å². The molecule has 94 valence electrons. The third-order valence-corrected chi connectivity index (χ3v) is 2.96. The molecule has 0 aromatic carbocycles. The highest BCUT2D eigenvalue weighted by molar-refractivity contribution is 5.92. The van der Waals surface area contributed by atoms with E-state index >= 15 is 0 Å². The van der Waals surface area contributed by atoms with Gasteiger partial charge in [-0.15, -0.1) is 0 Å². The average Bonchev–Trinajstić information content (AvgIpc) is 2.56. The first-order valence-electron chi connectivity index (χ1n) is 6.02. The van der Waals surface area contributed by atoms with E-state index in [1.54, 1.807) is 4.90 Å². The number of nitrogens with zero attached hydrogens (tertiary/aromatic N) is 2. The van der Waals surface area contributed by atoms with Crippen LogP contribution in [0.2, 0.25) is 0 Å². The molecule has 0 radical (unpaired) electrons. The van der Waals surface area contributed by atoms with Crippen molar-refractivity contribution in [3.8, 4) is 0 Å². The summed E-state index contributed by atoms with van der Waals surface area (Å²) in [5.74, 6) is -0.0852. The van der Waals surface area contributed by atoms with Gasteiger partial charge in [-0.1, -0.05) is 0 Å². The Balaban J connectivity index is 2.14. The lowest BCUT2D eigenvalue weighted by molar-refractivity contribution is 0.0759. The second-order valence-corrected chi connectivity index (χ2v) is 4.15. The van der Waals surface area contributed by atoms with Crippen LogP contribution in [0.5, 0.6) is 0 Å². The molecule has 1 saturated heterocycles. The van der Waals surface area contributed by atoms with E-state index in [1.165, 1.54) is 10.7 Å². The fourth-order valence-electron chi connectivity index (χ4n) is 2.00. The third kappa shape index (κ3) is 2.58. The van der Waals surface area contributed by atoms with E-state index in [9.17, 15) is 9.59 Å². The molecule has 0 unspecified atom stereocenters. The molecule has 6 heteroatoms. The topological polar surface area (TPSA) is 70.1 Å². The van der Waals surface area contributed by atoms with E-state index in [-0.39, 0.29) is 11.5 Å². The highest BCUT2D eigenvalue weighted by Crippen LogP contribution is 2.02. The number of nitrogens with one attached hydrogen (secondary N) is 2.